The van der Waals surface area contributed by atoms with Crippen LogP contribution < -0.4 is 5.32 Å². The van der Waals surface area contributed by atoms with E-state index >= 15 is 0 Å². The van der Waals surface area contributed by atoms with Gasteiger partial charge in [0.05, 0.1) is 0 Å². The fourth-order valence-corrected chi connectivity index (χ4v) is 2.59. The number of nitrogens with one attached hydrogen (secondary N) is 1. The summed E-state index contributed by atoms with van der Waals surface area (Å²) in [6.45, 7) is 3.99. The molecule has 0 aliphatic carbocycles. The highest BCUT2D eigenvalue weighted by molar-refractivity contribution is 6.30. The number of amides is 1. The molecular formula is C19H16ClNO2. The van der Waals surface area contributed by atoms with Crippen molar-refractivity contribution in [3.63, 3.8) is 0 Å². The summed E-state index contributed by atoms with van der Waals surface area (Å²) in [5, 5.41) is 3.52. The molecule has 3 aromatic rings. The van der Waals surface area contributed by atoms with Gasteiger partial charge in [0, 0.05) is 16.3 Å². The van der Waals surface area contributed by atoms with Crippen LogP contribution in [0.25, 0.3) is 11.3 Å². The molecule has 0 radical (unpaired) electrons. The highest BCUT2D eigenvalue weighted by Crippen LogP contribution is 2.24. The van der Waals surface area contributed by atoms with Crippen LogP contribution in [0.3, 0.4) is 0 Å². The molecule has 3 nitrogen and oxygen atoms in total. The first-order valence-corrected chi connectivity index (χ1v) is 7.64. The summed E-state index contributed by atoms with van der Waals surface area (Å²) in [4.78, 5) is 12.3. The number of carbonyl (C=O) groups is 1. The van der Waals surface area contributed by atoms with E-state index in [1.807, 2.05) is 38.1 Å². The van der Waals surface area contributed by atoms with Gasteiger partial charge in [0.15, 0.2) is 5.76 Å². The van der Waals surface area contributed by atoms with E-state index < -0.39 is 0 Å². The molecule has 0 spiro atoms. The van der Waals surface area contributed by atoms with Crippen LogP contribution in [0, 0.1) is 13.8 Å². The lowest BCUT2D eigenvalue weighted by Crippen LogP contribution is -2.11. The lowest BCUT2D eigenvalue weighted by atomic mass is 10.1. The van der Waals surface area contributed by atoms with Gasteiger partial charge >= 0.3 is 0 Å². The van der Waals surface area contributed by atoms with Gasteiger partial charge in [-0.3, -0.25) is 4.79 Å². The number of rotatable bonds is 3. The van der Waals surface area contributed by atoms with Crippen LogP contribution in [0.1, 0.15) is 21.7 Å². The standard InChI is InChI=1S/C19H16ClNO2/c1-12-9-13(2)11-16(10-12)21-19(22)18-8-7-17(23-18)14-3-5-15(20)6-4-14/h3-11H,1-2H3,(H,21,22). The van der Waals surface area contributed by atoms with E-state index in [1.165, 1.54) is 0 Å². The Balaban J connectivity index is 1.79. The molecule has 0 unspecified atom stereocenters. The van der Waals surface area contributed by atoms with E-state index in [2.05, 4.69) is 11.4 Å². The highest BCUT2D eigenvalue weighted by Gasteiger charge is 2.13. The quantitative estimate of drug-likeness (QED) is 0.693. The zero-order chi connectivity index (χ0) is 16.4. The SMILES string of the molecule is Cc1cc(C)cc(NC(=O)c2ccc(-c3ccc(Cl)cc3)o2)c1. The summed E-state index contributed by atoms with van der Waals surface area (Å²) < 4.78 is 5.65. The number of hydrogen-bond acceptors (Lipinski definition) is 2. The topological polar surface area (TPSA) is 42.2 Å². The van der Waals surface area contributed by atoms with Gasteiger partial charge < -0.3 is 9.73 Å². The minimum absolute atomic E-state index is 0.268. The molecular weight excluding hydrogens is 310 g/mol. The summed E-state index contributed by atoms with van der Waals surface area (Å²) in [6, 6.07) is 16.6. The monoisotopic (exact) mass is 325 g/mol. The van der Waals surface area contributed by atoms with Gasteiger partial charge in [-0.05, 0) is 73.5 Å². The molecule has 0 fully saturated rings. The lowest BCUT2D eigenvalue weighted by Gasteiger charge is -2.06. The summed E-state index contributed by atoms with van der Waals surface area (Å²) in [7, 11) is 0. The smallest absolute Gasteiger partial charge is 0.291 e. The summed E-state index contributed by atoms with van der Waals surface area (Å²) in [6.07, 6.45) is 0. The number of benzene rings is 2. The molecule has 0 aliphatic heterocycles. The zero-order valence-electron chi connectivity index (χ0n) is 12.9. The fourth-order valence-electron chi connectivity index (χ4n) is 2.47. The first-order chi connectivity index (χ1) is 11.0. The summed E-state index contributed by atoms with van der Waals surface area (Å²) in [5.41, 5.74) is 3.83. The maximum Gasteiger partial charge on any atom is 0.291 e. The molecule has 4 heteroatoms. The van der Waals surface area contributed by atoms with Crippen LogP contribution >= 0.6 is 11.6 Å². The van der Waals surface area contributed by atoms with E-state index in [0.717, 1.165) is 22.4 Å². The van der Waals surface area contributed by atoms with Gasteiger partial charge in [0.1, 0.15) is 5.76 Å². The second-order valence-electron chi connectivity index (χ2n) is 5.50. The van der Waals surface area contributed by atoms with Crippen molar-refractivity contribution in [3.8, 4) is 11.3 Å². The van der Waals surface area contributed by atoms with Crippen molar-refractivity contribution < 1.29 is 9.21 Å². The number of carbonyl (C=O) groups excluding carboxylic acids is 1. The second-order valence-corrected chi connectivity index (χ2v) is 5.94. The number of hydrogen-bond donors (Lipinski definition) is 1. The van der Waals surface area contributed by atoms with E-state index in [-0.39, 0.29) is 11.7 Å². The molecule has 0 atom stereocenters. The van der Waals surface area contributed by atoms with Crippen LogP contribution in [-0.2, 0) is 0 Å². The maximum absolute atomic E-state index is 12.3. The van der Waals surface area contributed by atoms with Crippen molar-refractivity contribution in [2.45, 2.75) is 13.8 Å². The van der Waals surface area contributed by atoms with Crippen LogP contribution in [0.4, 0.5) is 5.69 Å². The fraction of sp³-hybridized carbons (Fsp3) is 0.105. The average molecular weight is 326 g/mol. The predicted molar refractivity (Wildman–Crippen MR) is 93.0 cm³/mol. The van der Waals surface area contributed by atoms with Crippen LogP contribution in [0.2, 0.25) is 5.02 Å². The van der Waals surface area contributed by atoms with Crippen LogP contribution in [0.15, 0.2) is 59.0 Å². The molecule has 1 amide bonds. The maximum atomic E-state index is 12.3. The van der Waals surface area contributed by atoms with Gasteiger partial charge in [-0.1, -0.05) is 17.7 Å². The van der Waals surface area contributed by atoms with Gasteiger partial charge in [-0.2, -0.15) is 0 Å². The van der Waals surface area contributed by atoms with Crippen molar-refractivity contribution in [3.05, 3.63) is 76.5 Å². The number of anilines is 1. The zero-order valence-corrected chi connectivity index (χ0v) is 13.6. The minimum atomic E-state index is -0.268. The van der Waals surface area contributed by atoms with Crippen molar-refractivity contribution in [1.82, 2.24) is 0 Å². The van der Waals surface area contributed by atoms with Crippen LogP contribution in [0.5, 0.6) is 0 Å². The third-order valence-electron chi connectivity index (χ3n) is 3.44. The Morgan fingerprint density at radius 1 is 0.957 bits per heavy atom. The Bertz CT molecular complexity index is 830. The highest BCUT2D eigenvalue weighted by atomic mass is 35.5. The normalized spacial score (nSPS) is 10.6. The third kappa shape index (κ3) is 3.63. The predicted octanol–water partition coefficient (Wildman–Crippen LogP) is 5.47. The molecule has 2 aromatic carbocycles. The molecule has 1 heterocycles. The summed E-state index contributed by atoms with van der Waals surface area (Å²) >= 11 is 5.88. The van der Waals surface area contributed by atoms with Crippen LogP contribution in [-0.4, -0.2) is 5.91 Å². The average Bonchev–Trinajstić information content (AvgIpc) is 2.97. The Labute approximate surface area is 139 Å². The largest absolute Gasteiger partial charge is 0.451 e. The Hall–Kier alpha value is -2.52. The molecule has 0 aliphatic rings. The molecule has 0 saturated heterocycles. The molecule has 1 aromatic heterocycles. The van der Waals surface area contributed by atoms with E-state index in [1.54, 1.807) is 24.3 Å². The molecule has 0 bridgehead atoms. The van der Waals surface area contributed by atoms with E-state index in [9.17, 15) is 4.79 Å². The molecule has 0 saturated carbocycles. The van der Waals surface area contributed by atoms with Crippen molar-refractivity contribution in [1.29, 1.82) is 0 Å². The van der Waals surface area contributed by atoms with Gasteiger partial charge in [0.25, 0.3) is 5.91 Å². The Kier molecular flexibility index (Phi) is 4.22. The summed E-state index contributed by atoms with van der Waals surface area (Å²) in [5.74, 6) is 0.636. The molecule has 23 heavy (non-hydrogen) atoms. The van der Waals surface area contributed by atoms with Crippen molar-refractivity contribution in [2.24, 2.45) is 0 Å². The van der Waals surface area contributed by atoms with E-state index in [0.29, 0.717) is 10.8 Å². The Morgan fingerprint density at radius 3 is 2.26 bits per heavy atom. The van der Waals surface area contributed by atoms with E-state index in [4.69, 9.17) is 16.0 Å². The number of furan rings is 1. The lowest BCUT2D eigenvalue weighted by molar-refractivity contribution is 0.0997. The molecule has 3 rings (SSSR count). The third-order valence-corrected chi connectivity index (χ3v) is 3.69. The number of halogens is 1. The van der Waals surface area contributed by atoms with Crippen molar-refractivity contribution in [2.75, 3.05) is 5.32 Å². The first kappa shape index (κ1) is 15.4. The molecule has 116 valence electrons. The minimum Gasteiger partial charge on any atom is -0.451 e. The van der Waals surface area contributed by atoms with Crippen molar-refractivity contribution >= 4 is 23.2 Å². The van der Waals surface area contributed by atoms with Gasteiger partial charge in [0.2, 0.25) is 0 Å². The first-order valence-electron chi connectivity index (χ1n) is 7.27. The Morgan fingerprint density at radius 2 is 1.61 bits per heavy atom. The number of aryl methyl sites for hydroxylation is 2. The van der Waals surface area contributed by atoms with Gasteiger partial charge in [-0.15, -0.1) is 0 Å². The van der Waals surface area contributed by atoms with Gasteiger partial charge in [-0.25, -0.2) is 0 Å². The molecule has 1 N–H and O–H groups in total. The second kappa shape index (κ2) is 6.31.